The maximum absolute atomic E-state index is 12.6. The van der Waals surface area contributed by atoms with Crippen LogP contribution in [0.15, 0.2) is 0 Å². The highest BCUT2D eigenvalue weighted by Gasteiger charge is 2.62. The van der Waals surface area contributed by atoms with Crippen LogP contribution < -0.4 is 16.0 Å². The van der Waals surface area contributed by atoms with Gasteiger partial charge in [0, 0.05) is 33.2 Å². The number of aliphatic carboxylic acids is 3. The second-order valence-corrected chi connectivity index (χ2v) is 18.4. The number of hydrogen-bond acceptors (Lipinski definition) is 6. The largest absolute Gasteiger partial charge is 0.480 e. The molecule has 0 amide bonds. The molecule has 6 N–H and O–H groups in total. The minimum absolute atomic E-state index is 0.122. The predicted molar refractivity (Wildman–Crippen MR) is 169 cm³/mol. The molecule has 0 aliphatic carbocycles. The predicted octanol–water partition coefficient (Wildman–Crippen LogP) is 5.66. The quantitative estimate of drug-likeness (QED) is 0.183. The summed E-state index contributed by atoms with van der Waals surface area (Å²) in [5, 5.41) is 42.1. The van der Waals surface area contributed by atoms with Gasteiger partial charge in [-0.25, -0.2) is 0 Å². The third-order valence-corrected chi connectivity index (χ3v) is 10.9. The van der Waals surface area contributed by atoms with Crippen molar-refractivity contribution in [1.82, 2.24) is 16.0 Å². The van der Waals surface area contributed by atoms with Crippen LogP contribution in [0, 0.1) is 28.6 Å². The Morgan fingerprint density at radius 2 is 0.698 bits per heavy atom. The molecule has 3 aliphatic heterocycles. The molecule has 0 unspecified atom stereocenters. The Morgan fingerprint density at radius 1 is 0.488 bits per heavy atom. The summed E-state index contributed by atoms with van der Waals surface area (Å²) in [6, 6.07) is 0. The van der Waals surface area contributed by atoms with E-state index in [4.69, 9.17) is 0 Å². The van der Waals surface area contributed by atoms with Crippen LogP contribution in [0.25, 0.3) is 0 Å². The Bertz CT molecular complexity index is 928. The fourth-order valence-electron chi connectivity index (χ4n) is 10.7. The SMILES string of the molecule is CC1(C)CC(C(CCC(C(=O)O)(C(=O)O)C(=O)O)(C2CC(C)(C)NC(C)(C)C2)C2CC(C)(C)NC(C)(C)C2)CC(C)(C)N1. The maximum Gasteiger partial charge on any atom is 0.332 e. The molecule has 3 heterocycles. The monoisotopic (exact) mass is 607 g/mol. The van der Waals surface area contributed by atoms with Crippen LogP contribution >= 0.6 is 0 Å². The zero-order chi connectivity index (χ0) is 33.2. The summed E-state index contributed by atoms with van der Waals surface area (Å²) < 4.78 is 0. The minimum Gasteiger partial charge on any atom is -0.480 e. The molecule has 248 valence electrons. The Morgan fingerprint density at radius 3 is 0.884 bits per heavy atom. The van der Waals surface area contributed by atoms with Gasteiger partial charge in [0.1, 0.15) is 0 Å². The lowest BCUT2D eigenvalue weighted by atomic mass is 9.45. The first-order valence-electron chi connectivity index (χ1n) is 16.2. The first-order chi connectivity index (χ1) is 19.1. The van der Waals surface area contributed by atoms with Crippen LogP contribution in [0.3, 0.4) is 0 Å². The molecule has 0 atom stereocenters. The molecule has 43 heavy (non-hydrogen) atoms. The fourth-order valence-corrected chi connectivity index (χ4v) is 10.7. The smallest absolute Gasteiger partial charge is 0.332 e. The highest BCUT2D eigenvalue weighted by atomic mass is 16.4. The van der Waals surface area contributed by atoms with Crippen molar-refractivity contribution >= 4 is 17.9 Å². The van der Waals surface area contributed by atoms with Crippen LogP contribution in [0.4, 0.5) is 0 Å². The first-order valence-corrected chi connectivity index (χ1v) is 16.2. The summed E-state index contributed by atoms with van der Waals surface area (Å²) in [7, 11) is 0. The number of hydrogen-bond donors (Lipinski definition) is 6. The topological polar surface area (TPSA) is 148 Å². The number of nitrogens with one attached hydrogen (secondary N) is 3. The summed E-state index contributed by atoms with van der Waals surface area (Å²) in [6.07, 6.45) is 4.81. The van der Waals surface area contributed by atoms with Crippen molar-refractivity contribution in [2.45, 2.75) is 168 Å². The highest BCUT2D eigenvalue weighted by molar-refractivity contribution is 6.16. The van der Waals surface area contributed by atoms with Gasteiger partial charge in [-0.3, -0.25) is 14.4 Å². The summed E-state index contributed by atoms with van der Waals surface area (Å²) in [6.45, 7) is 26.6. The molecule has 9 heteroatoms. The Labute approximate surface area is 259 Å². The van der Waals surface area contributed by atoms with Crippen molar-refractivity contribution in [3.63, 3.8) is 0 Å². The number of carbonyl (C=O) groups is 3. The lowest BCUT2D eigenvalue weighted by Crippen LogP contribution is -2.68. The summed E-state index contributed by atoms with van der Waals surface area (Å²) in [5.41, 5.74) is -4.68. The van der Waals surface area contributed by atoms with Gasteiger partial charge in [0.2, 0.25) is 0 Å². The van der Waals surface area contributed by atoms with Crippen LogP contribution in [0.1, 0.15) is 134 Å². The molecule has 0 radical (unpaired) electrons. The summed E-state index contributed by atoms with van der Waals surface area (Å²) >= 11 is 0. The average molecular weight is 608 g/mol. The number of piperidine rings is 3. The zero-order valence-electron chi connectivity index (χ0n) is 29.0. The third-order valence-electron chi connectivity index (χ3n) is 10.9. The van der Waals surface area contributed by atoms with E-state index in [2.05, 4.69) is 99.0 Å². The number of carboxylic acids is 3. The zero-order valence-corrected chi connectivity index (χ0v) is 29.0. The molecular formula is C34H61N3O6. The van der Waals surface area contributed by atoms with Gasteiger partial charge in [-0.1, -0.05) is 0 Å². The number of rotatable bonds is 9. The molecule has 0 saturated carbocycles. The van der Waals surface area contributed by atoms with Gasteiger partial charge in [-0.05, 0) is 158 Å². The normalized spacial score (nSPS) is 27.3. The van der Waals surface area contributed by atoms with Gasteiger partial charge in [0.25, 0.3) is 5.41 Å². The van der Waals surface area contributed by atoms with Crippen LogP contribution in [-0.4, -0.2) is 66.5 Å². The van der Waals surface area contributed by atoms with Crippen LogP contribution in [0.5, 0.6) is 0 Å². The van der Waals surface area contributed by atoms with E-state index in [9.17, 15) is 29.7 Å². The van der Waals surface area contributed by atoms with Crippen molar-refractivity contribution in [3.05, 3.63) is 0 Å². The van der Waals surface area contributed by atoms with E-state index in [1.807, 2.05) is 0 Å². The van der Waals surface area contributed by atoms with Crippen molar-refractivity contribution in [2.24, 2.45) is 28.6 Å². The Hall–Kier alpha value is -1.71. The van der Waals surface area contributed by atoms with E-state index in [1.54, 1.807) is 0 Å². The molecule has 0 aromatic carbocycles. The lowest BCUT2D eigenvalue weighted by Gasteiger charge is -2.64. The maximum atomic E-state index is 12.6. The van der Waals surface area contributed by atoms with E-state index in [0.717, 1.165) is 38.5 Å². The van der Waals surface area contributed by atoms with Crippen molar-refractivity contribution in [3.8, 4) is 0 Å². The summed E-state index contributed by atoms with van der Waals surface area (Å²) in [4.78, 5) is 37.7. The molecule has 3 saturated heterocycles. The van der Waals surface area contributed by atoms with E-state index in [0.29, 0.717) is 0 Å². The molecular weight excluding hydrogens is 546 g/mol. The van der Waals surface area contributed by atoms with E-state index >= 15 is 0 Å². The molecule has 9 nitrogen and oxygen atoms in total. The van der Waals surface area contributed by atoms with Crippen molar-refractivity contribution < 1.29 is 29.7 Å². The van der Waals surface area contributed by atoms with Crippen molar-refractivity contribution in [1.29, 1.82) is 0 Å². The molecule has 3 rings (SSSR count). The van der Waals surface area contributed by atoms with Gasteiger partial charge in [0.05, 0.1) is 0 Å². The van der Waals surface area contributed by atoms with Crippen LogP contribution in [0.2, 0.25) is 0 Å². The van der Waals surface area contributed by atoms with Gasteiger partial charge < -0.3 is 31.3 Å². The van der Waals surface area contributed by atoms with Crippen molar-refractivity contribution in [2.75, 3.05) is 0 Å². The average Bonchev–Trinajstić information content (AvgIpc) is 2.69. The Kier molecular flexibility index (Phi) is 9.13. The Balaban J connectivity index is 2.38. The van der Waals surface area contributed by atoms with Gasteiger partial charge in [0.15, 0.2) is 0 Å². The van der Waals surface area contributed by atoms with Crippen LogP contribution in [-0.2, 0) is 14.4 Å². The molecule has 0 spiro atoms. The molecule has 0 aromatic heterocycles. The standard InChI is InChI=1S/C34H61N3O6/c1-27(2)15-21(16-28(3,4)35-27)33(22-17-29(5,6)36-30(7,8)18-22,23-19-31(9,10)37-32(11,12)20-23)13-14-34(24(38)39,25(40)41)26(42)43/h21-23,35-37H,13-20H2,1-12H3,(H,38,39)(H,40,41)(H,42,43). The third kappa shape index (κ3) is 7.41. The molecule has 0 aromatic rings. The summed E-state index contributed by atoms with van der Waals surface area (Å²) in [5.74, 6) is -5.04. The first kappa shape index (κ1) is 35.8. The minimum atomic E-state index is -2.90. The van der Waals surface area contributed by atoms with Gasteiger partial charge in [-0.15, -0.1) is 0 Å². The van der Waals surface area contributed by atoms with E-state index < -0.39 is 35.2 Å². The fraction of sp³-hybridized carbons (Fsp3) is 0.912. The van der Waals surface area contributed by atoms with Gasteiger partial charge >= 0.3 is 17.9 Å². The molecule has 3 fully saturated rings. The second-order valence-electron chi connectivity index (χ2n) is 18.4. The molecule has 0 bridgehead atoms. The molecule has 3 aliphatic rings. The lowest BCUT2D eigenvalue weighted by molar-refractivity contribution is -0.179. The van der Waals surface area contributed by atoms with E-state index in [1.165, 1.54) is 0 Å². The number of carboxylic acid groups (broad SMARTS) is 3. The van der Waals surface area contributed by atoms with Gasteiger partial charge in [-0.2, -0.15) is 0 Å². The highest BCUT2D eigenvalue weighted by Crippen LogP contribution is 2.62. The second kappa shape index (κ2) is 11.0. The van der Waals surface area contributed by atoms with E-state index in [-0.39, 0.29) is 57.4 Å².